The van der Waals surface area contributed by atoms with Crippen LogP contribution < -0.4 is 16.2 Å². The van der Waals surface area contributed by atoms with Crippen LogP contribution in [0.3, 0.4) is 0 Å². The number of nitrogens with zero attached hydrogens (tertiary/aromatic N) is 2. The van der Waals surface area contributed by atoms with Crippen LogP contribution in [0.4, 0.5) is 11.4 Å². The zero-order valence-corrected chi connectivity index (χ0v) is 17.4. The van der Waals surface area contributed by atoms with Crippen LogP contribution in [0.25, 0.3) is 10.8 Å². The van der Waals surface area contributed by atoms with Crippen molar-refractivity contribution in [2.75, 3.05) is 30.3 Å². The van der Waals surface area contributed by atoms with Crippen LogP contribution in [0.15, 0.2) is 59.5 Å². The van der Waals surface area contributed by atoms with Crippen molar-refractivity contribution in [1.82, 2.24) is 9.47 Å². The fourth-order valence-corrected chi connectivity index (χ4v) is 3.32. The van der Waals surface area contributed by atoms with E-state index in [-0.39, 0.29) is 17.4 Å². The van der Waals surface area contributed by atoms with Crippen LogP contribution in [0.1, 0.15) is 24.2 Å². The van der Waals surface area contributed by atoms with Gasteiger partial charge in [-0.2, -0.15) is 0 Å². The Morgan fingerprint density at radius 1 is 0.933 bits per heavy atom. The molecule has 0 fully saturated rings. The Bertz CT molecular complexity index is 1130. The fourth-order valence-electron chi connectivity index (χ4n) is 3.32. The number of benzene rings is 2. The monoisotopic (exact) mass is 406 g/mol. The Labute approximate surface area is 175 Å². The number of pyridine rings is 1. The van der Waals surface area contributed by atoms with E-state index in [4.69, 9.17) is 0 Å². The number of likely N-dealkylation sites (N-methyl/N-ethyl adjacent to an activating group) is 1. The topological polar surface area (TPSA) is 83.4 Å². The van der Waals surface area contributed by atoms with Crippen LogP contribution in [-0.2, 0) is 11.8 Å². The van der Waals surface area contributed by atoms with Crippen molar-refractivity contribution in [2.24, 2.45) is 7.05 Å². The van der Waals surface area contributed by atoms with E-state index in [1.165, 1.54) is 10.8 Å². The number of anilines is 2. The summed E-state index contributed by atoms with van der Waals surface area (Å²) >= 11 is 0. The maximum absolute atomic E-state index is 12.9. The number of nitrogens with one attached hydrogen (secondary N) is 2. The minimum absolute atomic E-state index is 0.105. The van der Waals surface area contributed by atoms with Crippen molar-refractivity contribution in [3.05, 3.63) is 70.6 Å². The third kappa shape index (κ3) is 4.75. The highest BCUT2D eigenvalue weighted by Gasteiger charge is 2.14. The first kappa shape index (κ1) is 21.3. The molecule has 0 atom stereocenters. The molecule has 156 valence electrons. The number of hydrogen-bond donors (Lipinski definition) is 2. The summed E-state index contributed by atoms with van der Waals surface area (Å²) in [7, 11) is 1.62. The van der Waals surface area contributed by atoms with Gasteiger partial charge in [0.25, 0.3) is 11.5 Å². The van der Waals surface area contributed by atoms with Gasteiger partial charge in [0.2, 0.25) is 5.91 Å². The lowest BCUT2D eigenvalue weighted by molar-refractivity contribution is -0.117. The van der Waals surface area contributed by atoms with Gasteiger partial charge in [-0.15, -0.1) is 0 Å². The molecule has 0 aliphatic carbocycles. The number of carbonyl (C=O) groups is 2. The molecular formula is C23H26N4O3. The molecule has 2 amide bonds. The molecule has 7 nitrogen and oxygen atoms in total. The van der Waals surface area contributed by atoms with Crippen LogP contribution in [0.5, 0.6) is 0 Å². The lowest BCUT2D eigenvalue weighted by Gasteiger charge is -2.17. The maximum atomic E-state index is 12.9. The average molecular weight is 406 g/mol. The van der Waals surface area contributed by atoms with Gasteiger partial charge in [0.15, 0.2) is 0 Å². The van der Waals surface area contributed by atoms with Crippen molar-refractivity contribution >= 4 is 34.0 Å². The summed E-state index contributed by atoms with van der Waals surface area (Å²) < 4.78 is 1.40. The SMILES string of the molecule is CCN(CC)CC(=O)Nc1cccc(NC(=O)c2cn(C)c(=O)c3ccccc23)c1. The molecule has 1 heterocycles. The zero-order valence-electron chi connectivity index (χ0n) is 17.4. The van der Waals surface area contributed by atoms with Crippen LogP contribution in [0.2, 0.25) is 0 Å². The summed E-state index contributed by atoms with van der Waals surface area (Å²) in [5.41, 5.74) is 1.41. The molecule has 0 spiro atoms. The number of aromatic nitrogens is 1. The molecule has 1 aromatic heterocycles. The molecule has 0 radical (unpaired) electrons. The quantitative estimate of drug-likeness (QED) is 0.632. The summed E-state index contributed by atoms with van der Waals surface area (Å²) in [4.78, 5) is 39.5. The number of aryl methyl sites for hydroxylation is 1. The van der Waals surface area contributed by atoms with E-state index < -0.39 is 0 Å². The molecule has 0 saturated heterocycles. The molecule has 3 rings (SSSR count). The summed E-state index contributed by atoms with van der Waals surface area (Å²) in [5, 5.41) is 6.81. The Hall–Kier alpha value is -3.45. The van der Waals surface area contributed by atoms with E-state index in [1.54, 1.807) is 55.6 Å². The summed E-state index contributed by atoms with van der Waals surface area (Å²) in [5.74, 6) is -0.431. The first-order chi connectivity index (χ1) is 14.4. The first-order valence-electron chi connectivity index (χ1n) is 9.95. The summed E-state index contributed by atoms with van der Waals surface area (Å²) in [6.45, 7) is 5.93. The highest BCUT2D eigenvalue weighted by atomic mass is 16.2. The van der Waals surface area contributed by atoms with Gasteiger partial charge in [-0.3, -0.25) is 19.3 Å². The van der Waals surface area contributed by atoms with Gasteiger partial charge >= 0.3 is 0 Å². The van der Waals surface area contributed by atoms with Crippen LogP contribution in [-0.4, -0.2) is 40.9 Å². The lowest BCUT2D eigenvalue weighted by atomic mass is 10.1. The molecule has 30 heavy (non-hydrogen) atoms. The molecule has 2 aromatic carbocycles. The third-order valence-corrected chi connectivity index (χ3v) is 5.00. The minimum atomic E-state index is -0.326. The minimum Gasteiger partial charge on any atom is -0.325 e. The predicted molar refractivity (Wildman–Crippen MR) is 120 cm³/mol. The van der Waals surface area contributed by atoms with Crippen molar-refractivity contribution in [1.29, 1.82) is 0 Å². The smallest absolute Gasteiger partial charge is 0.258 e. The molecule has 3 aromatic rings. The number of fused-ring (bicyclic) bond motifs is 1. The van der Waals surface area contributed by atoms with Crippen molar-refractivity contribution in [3.63, 3.8) is 0 Å². The fraction of sp³-hybridized carbons (Fsp3) is 0.261. The van der Waals surface area contributed by atoms with Gasteiger partial charge in [-0.1, -0.05) is 38.1 Å². The second-order valence-corrected chi connectivity index (χ2v) is 7.05. The molecule has 0 bridgehead atoms. The van der Waals surface area contributed by atoms with E-state index in [2.05, 4.69) is 10.6 Å². The van der Waals surface area contributed by atoms with E-state index in [9.17, 15) is 14.4 Å². The van der Waals surface area contributed by atoms with E-state index in [0.29, 0.717) is 34.3 Å². The van der Waals surface area contributed by atoms with Gasteiger partial charge in [0.05, 0.1) is 12.1 Å². The predicted octanol–water partition coefficient (Wildman–Crippen LogP) is 3.07. The number of carbonyl (C=O) groups excluding carboxylic acids is 2. The van der Waals surface area contributed by atoms with Gasteiger partial charge in [0, 0.05) is 35.4 Å². The number of rotatable bonds is 7. The Kier molecular flexibility index (Phi) is 6.64. The lowest BCUT2D eigenvalue weighted by Crippen LogP contribution is -2.32. The maximum Gasteiger partial charge on any atom is 0.258 e. The van der Waals surface area contributed by atoms with Crippen molar-refractivity contribution in [3.8, 4) is 0 Å². The Morgan fingerprint density at radius 2 is 1.57 bits per heavy atom. The molecule has 7 heteroatoms. The van der Waals surface area contributed by atoms with Gasteiger partial charge in [0.1, 0.15) is 0 Å². The molecule has 2 N–H and O–H groups in total. The zero-order chi connectivity index (χ0) is 21.7. The molecule has 0 saturated carbocycles. The second-order valence-electron chi connectivity index (χ2n) is 7.05. The standard InChI is InChI=1S/C23H26N4O3/c1-4-27(5-2)15-21(28)24-16-9-8-10-17(13-16)25-22(29)20-14-26(3)23(30)19-12-7-6-11-18(19)20/h6-14H,4-5,15H2,1-3H3,(H,24,28)(H,25,29). The van der Waals surface area contributed by atoms with Crippen molar-refractivity contribution in [2.45, 2.75) is 13.8 Å². The largest absolute Gasteiger partial charge is 0.325 e. The van der Waals surface area contributed by atoms with Gasteiger partial charge in [-0.25, -0.2) is 0 Å². The number of hydrogen-bond acceptors (Lipinski definition) is 4. The van der Waals surface area contributed by atoms with Gasteiger partial charge in [-0.05, 0) is 37.4 Å². The third-order valence-electron chi connectivity index (χ3n) is 5.00. The summed E-state index contributed by atoms with van der Waals surface area (Å²) in [6, 6.07) is 14.0. The van der Waals surface area contributed by atoms with Gasteiger partial charge < -0.3 is 15.2 Å². The highest BCUT2D eigenvalue weighted by Crippen LogP contribution is 2.19. The first-order valence-corrected chi connectivity index (χ1v) is 9.95. The molecule has 0 unspecified atom stereocenters. The Morgan fingerprint density at radius 3 is 2.23 bits per heavy atom. The Balaban J connectivity index is 1.79. The number of amides is 2. The van der Waals surface area contributed by atoms with E-state index in [0.717, 1.165) is 13.1 Å². The van der Waals surface area contributed by atoms with E-state index in [1.807, 2.05) is 18.7 Å². The summed E-state index contributed by atoms with van der Waals surface area (Å²) in [6.07, 6.45) is 1.54. The molecule has 0 aliphatic heterocycles. The highest BCUT2D eigenvalue weighted by molar-refractivity contribution is 6.12. The average Bonchev–Trinajstić information content (AvgIpc) is 2.74. The molecule has 0 aliphatic rings. The molecular weight excluding hydrogens is 380 g/mol. The van der Waals surface area contributed by atoms with Crippen LogP contribution in [0, 0.1) is 0 Å². The normalized spacial score (nSPS) is 10.9. The second kappa shape index (κ2) is 9.37. The van der Waals surface area contributed by atoms with E-state index >= 15 is 0 Å². The van der Waals surface area contributed by atoms with Crippen LogP contribution >= 0.6 is 0 Å². The van der Waals surface area contributed by atoms with Crippen molar-refractivity contribution < 1.29 is 9.59 Å².